The van der Waals surface area contributed by atoms with Crippen LogP contribution in [-0.4, -0.2) is 28.4 Å². The van der Waals surface area contributed by atoms with Gasteiger partial charge in [0, 0.05) is 12.7 Å². The predicted molar refractivity (Wildman–Crippen MR) is 69.0 cm³/mol. The highest BCUT2D eigenvalue weighted by Gasteiger charge is 2.34. The maximum absolute atomic E-state index is 12.2. The molecule has 0 bridgehead atoms. The van der Waals surface area contributed by atoms with Crippen LogP contribution in [0.1, 0.15) is 26.7 Å². The fraction of sp³-hybridized carbons (Fsp3) is 0.667. The lowest BCUT2D eigenvalue weighted by atomic mass is 9.81. The van der Waals surface area contributed by atoms with Gasteiger partial charge in [0.1, 0.15) is 6.54 Å². The van der Waals surface area contributed by atoms with Gasteiger partial charge in [0.25, 0.3) is 0 Å². The summed E-state index contributed by atoms with van der Waals surface area (Å²) >= 11 is 0. The molecule has 0 aliphatic rings. The summed E-state index contributed by atoms with van der Waals surface area (Å²) in [6.07, 6.45) is -0.888. The van der Waals surface area contributed by atoms with E-state index in [2.05, 4.69) is 10.4 Å². The van der Waals surface area contributed by atoms with Crippen molar-refractivity contribution in [2.45, 2.75) is 39.4 Å². The highest BCUT2D eigenvalue weighted by atomic mass is 19.4. The van der Waals surface area contributed by atoms with Gasteiger partial charge >= 0.3 is 6.18 Å². The molecule has 0 atom stereocenters. The third kappa shape index (κ3) is 3.96. The molecular weight excluding hydrogens is 273 g/mol. The van der Waals surface area contributed by atoms with E-state index in [-0.39, 0.29) is 18.1 Å². The maximum Gasteiger partial charge on any atom is 0.408 e. The molecule has 0 radical (unpaired) electrons. The number of nitrogens with two attached hydrogens (primary N) is 1. The van der Waals surface area contributed by atoms with E-state index >= 15 is 0 Å². The summed E-state index contributed by atoms with van der Waals surface area (Å²) < 4.78 is 37.3. The van der Waals surface area contributed by atoms with E-state index in [0.717, 1.165) is 10.9 Å². The van der Waals surface area contributed by atoms with Gasteiger partial charge in [-0.15, -0.1) is 0 Å². The zero-order valence-electron chi connectivity index (χ0n) is 11.5. The summed E-state index contributed by atoms with van der Waals surface area (Å²) in [5, 5.41) is 6.14. The van der Waals surface area contributed by atoms with Gasteiger partial charge in [-0.2, -0.15) is 18.3 Å². The number of alkyl halides is 3. The molecule has 3 N–H and O–H groups in total. The molecule has 1 aromatic rings. The number of carbonyl (C=O) groups is 1. The molecule has 5 nitrogen and oxygen atoms in total. The Morgan fingerprint density at radius 3 is 2.45 bits per heavy atom. The molecule has 0 saturated carbocycles. The zero-order valence-corrected chi connectivity index (χ0v) is 11.5. The van der Waals surface area contributed by atoms with Crippen LogP contribution < -0.4 is 11.1 Å². The first-order chi connectivity index (χ1) is 9.26. The fourth-order valence-electron chi connectivity index (χ4n) is 1.91. The Bertz CT molecular complexity index is 444. The van der Waals surface area contributed by atoms with Crippen LogP contribution in [0.5, 0.6) is 0 Å². The number of rotatable bonds is 6. The summed E-state index contributed by atoms with van der Waals surface area (Å²) in [6.45, 7) is 2.70. The number of hydrogen-bond donors (Lipinski definition) is 2. The molecule has 1 rings (SSSR count). The normalized spacial score (nSPS) is 12.5. The Balaban J connectivity index is 2.76. The van der Waals surface area contributed by atoms with Crippen LogP contribution in [0.4, 0.5) is 18.9 Å². The van der Waals surface area contributed by atoms with Gasteiger partial charge in [-0.05, 0) is 12.8 Å². The largest absolute Gasteiger partial charge is 0.408 e. The number of nitrogens with one attached hydrogen (secondary N) is 1. The van der Waals surface area contributed by atoms with Gasteiger partial charge in [0.05, 0.1) is 17.3 Å². The molecule has 20 heavy (non-hydrogen) atoms. The van der Waals surface area contributed by atoms with E-state index in [1.807, 2.05) is 13.8 Å². The van der Waals surface area contributed by atoms with Crippen LogP contribution in [0, 0.1) is 5.41 Å². The lowest BCUT2D eigenvalue weighted by molar-refractivity contribution is -0.142. The first-order valence-electron chi connectivity index (χ1n) is 6.37. The van der Waals surface area contributed by atoms with E-state index in [1.54, 1.807) is 0 Å². The van der Waals surface area contributed by atoms with Gasteiger partial charge in [-0.1, -0.05) is 13.8 Å². The average molecular weight is 292 g/mol. The van der Waals surface area contributed by atoms with Crippen LogP contribution in [0.3, 0.4) is 0 Å². The molecule has 0 spiro atoms. The number of nitrogens with zero attached hydrogens (tertiary/aromatic N) is 2. The number of hydrogen-bond acceptors (Lipinski definition) is 3. The van der Waals surface area contributed by atoms with Crippen molar-refractivity contribution in [1.29, 1.82) is 0 Å². The highest BCUT2D eigenvalue weighted by Crippen LogP contribution is 2.27. The molecule has 0 saturated heterocycles. The van der Waals surface area contributed by atoms with Crippen molar-refractivity contribution in [2.75, 3.05) is 11.9 Å². The Labute approximate surface area is 115 Å². The summed E-state index contributed by atoms with van der Waals surface area (Å²) in [7, 11) is 0. The molecule has 8 heteroatoms. The second-order valence-electron chi connectivity index (χ2n) is 4.69. The standard InChI is InChI=1S/C12H19F3N4O/c1-3-11(4-2,7-16)10(20)18-9-5-17-19(6-9)8-12(13,14)15/h5-6H,3-4,7-8,16H2,1-2H3,(H,18,20). The van der Waals surface area contributed by atoms with Gasteiger partial charge in [-0.3, -0.25) is 9.48 Å². The molecule has 0 aromatic carbocycles. The van der Waals surface area contributed by atoms with Gasteiger partial charge in [-0.25, -0.2) is 0 Å². The molecule has 1 amide bonds. The minimum Gasteiger partial charge on any atom is -0.329 e. The topological polar surface area (TPSA) is 72.9 Å². The first-order valence-corrected chi connectivity index (χ1v) is 6.37. The van der Waals surface area contributed by atoms with E-state index in [4.69, 9.17) is 5.73 Å². The van der Waals surface area contributed by atoms with Crippen LogP contribution in [0.2, 0.25) is 0 Å². The Morgan fingerprint density at radius 1 is 1.40 bits per heavy atom. The van der Waals surface area contributed by atoms with E-state index in [9.17, 15) is 18.0 Å². The first kappa shape index (κ1) is 16.5. The van der Waals surface area contributed by atoms with Crippen LogP contribution in [-0.2, 0) is 11.3 Å². The molecular formula is C12H19F3N4O. The molecule has 114 valence electrons. The van der Waals surface area contributed by atoms with E-state index in [0.29, 0.717) is 12.8 Å². The van der Waals surface area contributed by atoms with Gasteiger partial charge in [0.15, 0.2) is 0 Å². The summed E-state index contributed by atoms with van der Waals surface area (Å²) in [5.41, 5.74) is 5.17. The number of aromatic nitrogens is 2. The Kier molecular flexibility index (Phi) is 5.15. The molecule has 1 aromatic heterocycles. The monoisotopic (exact) mass is 292 g/mol. The molecule has 0 aliphatic carbocycles. The number of carbonyl (C=O) groups excluding carboxylic acids is 1. The summed E-state index contributed by atoms with van der Waals surface area (Å²) in [4.78, 5) is 12.2. The molecule has 0 aliphatic heterocycles. The van der Waals surface area contributed by atoms with E-state index < -0.39 is 18.1 Å². The second kappa shape index (κ2) is 6.25. The Hall–Kier alpha value is -1.57. The van der Waals surface area contributed by atoms with Crippen molar-refractivity contribution in [1.82, 2.24) is 9.78 Å². The van der Waals surface area contributed by atoms with E-state index in [1.165, 1.54) is 6.20 Å². The fourth-order valence-corrected chi connectivity index (χ4v) is 1.91. The highest BCUT2D eigenvalue weighted by molar-refractivity contribution is 5.95. The SMILES string of the molecule is CCC(CC)(CN)C(=O)Nc1cnn(CC(F)(F)F)c1. The molecule has 0 unspecified atom stereocenters. The molecule has 0 fully saturated rings. The smallest absolute Gasteiger partial charge is 0.329 e. The molecule has 1 heterocycles. The third-order valence-electron chi connectivity index (χ3n) is 3.46. The lowest BCUT2D eigenvalue weighted by Crippen LogP contribution is -2.41. The van der Waals surface area contributed by atoms with Crippen molar-refractivity contribution >= 4 is 11.6 Å². The number of anilines is 1. The van der Waals surface area contributed by atoms with Gasteiger partial charge < -0.3 is 11.1 Å². The average Bonchev–Trinajstić information content (AvgIpc) is 2.77. The summed E-state index contributed by atoms with van der Waals surface area (Å²) in [5.74, 6) is -0.295. The third-order valence-corrected chi connectivity index (χ3v) is 3.46. The zero-order chi connectivity index (χ0) is 15.4. The van der Waals surface area contributed by atoms with Crippen molar-refractivity contribution in [3.63, 3.8) is 0 Å². The van der Waals surface area contributed by atoms with Crippen LogP contribution in [0.15, 0.2) is 12.4 Å². The number of halogens is 3. The second-order valence-corrected chi connectivity index (χ2v) is 4.69. The quantitative estimate of drug-likeness (QED) is 0.843. The minimum atomic E-state index is -4.35. The van der Waals surface area contributed by atoms with Crippen molar-refractivity contribution in [3.05, 3.63) is 12.4 Å². The Morgan fingerprint density at radius 2 is 2.00 bits per heavy atom. The number of amides is 1. The summed E-state index contributed by atoms with van der Waals surface area (Å²) in [6, 6.07) is 0. The minimum absolute atomic E-state index is 0.183. The lowest BCUT2D eigenvalue weighted by Gasteiger charge is -2.28. The van der Waals surface area contributed by atoms with Crippen LogP contribution in [0.25, 0.3) is 0 Å². The van der Waals surface area contributed by atoms with Crippen molar-refractivity contribution in [2.24, 2.45) is 11.1 Å². The predicted octanol–water partition coefficient (Wildman–Crippen LogP) is 2.15. The van der Waals surface area contributed by atoms with Gasteiger partial charge in [0.2, 0.25) is 5.91 Å². The maximum atomic E-state index is 12.2. The van der Waals surface area contributed by atoms with Crippen molar-refractivity contribution in [3.8, 4) is 0 Å². The van der Waals surface area contributed by atoms with Crippen molar-refractivity contribution < 1.29 is 18.0 Å². The van der Waals surface area contributed by atoms with Crippen LogP contribution >= 0.6 is 0 Å².